The zero-order valence-electron chi connectivity index (χ0n) is 12.0. The van der Waals surface area contributed by atoms with E-state index in [0.717, 1.165) is 6.42 Å². The highest BCUT2D eigenvalue weighted by Crippen LogP contribution is 2.23. The largest absolute Gasteiger partial charge is 0.397 e. The van der Waals surface area contributed by atoms with Gasteiger partial charge in [-0.1, -0.05) is 31.9 Å². The van der Waals surface area contributed by atoms with Gasteiger partial charge in [-0.05, 0) is 31.0 Å². The number of halogens is 1. The van der Waals surface area contributed by atoms with Gasteiger partial charge < -0.3 is 11.1 Å². The molecular weight excluding hydrogens is 296 g/mol. The first-order valence-corrected chi connectivity index (χ1v) is 8.34. The SMILES string of the molecule is CCC(C)CS(=O)C(C)C(=O)Nc1ccc(Cl)cc1N. The Bertz CT molecular complexity index is 508. The Morgan fingerprint density at radius 1 is 1.45 bits per heavy atom. The van der Waals surface area contributed by atoms with Crippen molar-refractivity contribution in [3.05, 3.63) is 23.2 Å². The molecular formula is C14H21ClN2O2S. The lowest BCUT2D eigenvalue weighted by Gasteiger charge is -2.15. The van der Waals surface area contributed by atoms with E-state index in [-0.39, 0.29) is 5.91 Å². The van der Waals surface area contributed by atoms with Gasteiger partial charge in [0, 0.05) is 21.6 Å². The van der Waals surface area contributed by atoms with Gasteiger partial charge in [0.1, 0.15) is 5.25 Å². The van der Waals surface area contributed by atoms with Crippen LogP contribution in [0.25, 0.3) is 0 Å². The van der Waals surface area contributed by atoms with Crippen LogP contribution in [0.5, 0.6) is 0 Å². The van der Waals surface area contributed by atoms with Gasteiger partial charge in [-0.25, -0.2) is 0 Å². The van der Waals surface area contributed by atoms with Crippen LogP contribution in [0, 0.1) is 5.92 Å². The predicted octanol–water partition coefficient (Wildman–Crippen LogP) is 3.04. The van der Waals surface area contributed by atoms with Crippen LogP contribution in [-0.2, 0) is 15.6 Å². The average molecular weight is 317 g/mol. The van der Waals surface area contributed by atoms with Crippen LogP contribution in [-0.4, -0.2) is 21.1 Å². The first-order valence-electron chi connectivity index (χ1n) is 6.58. The number of nitrogens with two attached hydrogens (primary N) is 1. The molecule has 0 spiro atoms. The van der Waals surface area contributed by atoms with Gasteiger partial charge in [-0.15, -0.1) is 0 Å². The van der Waals surface area contributed by atoms with Crippen molar-refractivity contribution in [3.63, 3.8) is 0 Å². The molecule has 0 bridgehead atoms. The third-order valence-electron chi connectivity index (χ3n) is 3.18. The Morgan fingerprint density at radius 3 is 2.65 bits per heavy atom. The summed E-state index contributed by atoms with van der Waals surface area (Å²) < 4.78 is 12.1. The number of hydrogen-bond acceptors (Lipinski definition) is 3. The Balaban J connectivity index is 2.68. The van der Waals surface area contributed by atoms with Crippen LogP contribution in [0.3, 0.4) is 0 Å². The van der Waals surface area contributed by atoms with Crippen LogP contribution in [0.2, 0.25) is 5.02 Å². The highest BCUT2D eigenvalue weighted by molar-refractivity contribution is 7.86. The van der Waals surface area contributed by atoms with Crippen molar-refractivity contribution in [3.8, 4) is 0 Å². The molecule has 20 heavy (non-hydrogen) atoms. The number of nitrogens with one attached hydrogen (secondary N) is 1. The molecule has 1 amide bonds. The summed E-state index contributed by atoms with van der Waals surface area (Å²) in [6.07, 6.45) is 0.949. The smallest absolute Gasteiger partial charge is 0.239 e. The minimum absolute atomic E-state index is 0.291. The second kappa shape index (κ2) is 7.64. The molecule has 0 aromatic heterocycles. The Hall–Kier alpha value is -1.07. The number of rotatable bonds is 6. The zero-order valence-corrected chi connectivity index (χ0v) is 13.6. The molecule has 1 aromatic carbocycles. The molecule has 3 atom stereocenters. The molecule has 0 fully saturated rings. The van der Waals surface area contributed by atoms with Crippen molar-refractivity contribution in [2.24, 2.45) is 5.92 Å². The van der Waals surface area contributed by atoms with Crippen LogP contribution in [0.1, 0.15) is 27.2 Å². The van der Waals surface area contributed by atoms with Crippen molar-refractivity contribution < 1.29 is 9.00 Å². The van der Waals surface area contributed by atoms with Gasteiger partial charge in [-0.2, -0.15) is 0 Å². The highest BCUT2D eigenvalue weighted by atomic mass is 35.5. The summed E-state index contributed by atoms with van der Waals surface area (Å²) in [7, 11) is -1.19. The van der Waals surface area contributed by atoms with E-state index in [1.807, 2.05) is 13.8 Å². The molecule has 0 aliphatic heterocycles. The quantitative estimate of drug-likeness (QED) is 0.792. The normalized spacial score (nSPS) is 15.4. The fourth-order valence-electron chi connectivity index (χ4n) is 1.54. The molecule has 112 valence electrons. The first-order chi connectivity index (χ1) is 9.35. The van der Waals surface area contributed by atoms with Crippen molar-refractivity contribution in [1.29, 1.82) is 0 Å². The van der Waals surface area contributed by atoms with Gasteiger partial charge >= 0.3 is 0 Å². The van der Waals surface area contributed by atoms with E-state index in [0.29, 0.717) is 28.1 Å². The van der Waals surface area contributed by atoms with Crippen LogP contribution in [0.4, 0.5) is 11.4 Å². The summed E-state index contributed by atoms with van der Waals surface area (Å²) in [5.74, 6) is 0.577. The molecule has 0 aliphatic carbocycles. The summed E-state index contributed by atoms with van der Waals surface area (Å²) in [5.41, 5.74) is 6.66. The molecule has 4 nitrogen and oxygen atoms in total. The van der Waals surface area contributed by atoms with Gasteiger partial charge in [0.2, 0.25) is 5.91 Å². The summed E-state index contributed by atoms with van der Waals surface area (Å²) in [6, 6.07) is 4.85. The first kappa shape index (κ1) is 17.0. The van der Waals surface area contributed by atoms with Gasteiger partial charge in [0.25, 0.3) is 0 Å². The van der Waals surface area contributed by atoms with E-state index in [4.69, 9.17) is 17.3 Å². The lowest BCUT2D eigenvalue weighted by atomic mass is 10.2. The number of hydrogen-bond donors (Lipinski definition) is 2. The summed E-state index contributed by atoms with van der Waals surface area (Å²) >= 11 is 5.80. The van der Waals surface area contributed by atoms with Gasteiger partial charge in [-0.3, -0.25) is 9.00 Å². The minimum atomic E-state index is -1.19. The molecule has 3 unspecified atom stereocenters. The average Bonchev–Trinajstić information content (AvgIpc) is 2.40. The Labute approximate surface area is 127 Å². The second-order valence-electron chi connectivity index (χ2n) is 4.92. The van der Waals surface area contributed by atoms with Crippen LogP contribution >= 0.6 is 11.6 Å². The fourth-order valence-corrected chi connectivity index (χ4v) is 3.11. The molecule has 1 rings (SSSR count). The molecule has 1 aromatic rings. The van der Waals surface area contributed by atoms with E-state index < -0.39 is 16.0 Å². The van der Waals surface area contributed by atoms with E-state index in [9.17, 15) is 9.00 Å². The van der Waals surface area contributed by atoms with E-state index in [1.54, 1.807) is 25.1 Å². The maximum absolute atomic E-state index is 12.1. The minimum Gasteiger partial charge on any atom is -0.397 e. The third-order valence-corrected chi connectivity index (χ3v) is 5.32. The molecule has 0 saturated heterocycles. The topological polar surface area (TPSA) is 72.2 Å². The Kier molecular flexibility index (Phi) is 6.49. The number of nitrogen functional groups attached to an aromatic ring is 1. The Morgan fingerprint density at radius 2 is 2.10 bits per heavy atom. The van der Waals surface area contributed by atoms with E-state index in [2.05, 4.69) is 5.32 Å². The van der Waals surface area contributed by atoms with Crippen molar-refractivity contribution in [1.82, 2.24) is 0 Å². The summed E-state index contributed by atoms with van der Waals surface area (Å²) in [5, 5.41) is 2.63. The number of carbonyl (C=O) groups is 1. The van der Waals surface area contributed by atoms with Crippen LogP contribution < -0.4 is 11.1 Å². The number of benzene rings is 1. The third kappa shape index (κ3) is 4.80. The van der Waals surface area contributed by atoms with Crippen molar-refractivity contribution in [2.45, 2.75) is 32.4 Å². The number of amides is 1. The van der Waals surface area contributed by atoms with E-state index in [1.165, 1.54) is 0 Å². The monoisotopic (exact) mass is 316 g/mol. The van der Waals surface area contributed by atoms with Gasteiger partial charge in [0.05, 0.1) is 11.4 Å². The van der Waals surface area contributed by atoms with Crippen molar-refractivity contribution in [2.75, 3.05) is 16.8 Å². The fraction of sp³-hybridized carbons (Fsp3) is 0.500. The molecule has 0 heterocycles. The number of carbonyl (C=O) groups excluding carboxylic acids is 1. The van der Waals surface area contributed by atoms with Crippen LogP contribution in [0.15, 0.2) is 18.2 Å². The highest BCUT2D eigenvalue weighted by Gasteiger charge is 2.21. The maximum Gasteiger partial charge on any atom is 0.239 e. The predicted molar refractivity (Wildman–Crippen MR) is 86.4 cm³/mol. The van der Waals surface area contributed by atoms with Crippen molar-refractivity contribution >= 4 is 39.7 Å². The molecule has 3 N–H and O–H groups in total. The van der Waals surface area contributed by atoms with Gasteiger partial charge in [0.15, 0.2) is 0 Å². The molecule has 6 heteroatoms. The second-order valence-corrected chi connectivity index (χ2v) is 7.16. The van der Waals surface area contributed by atoms with E-state index >= 15 is 0 Å². The molecule has 0 saturated carbocycles. The molecule has 0 aliphatic rings. The lowest BCUT2D eigenvalue weighted by molar-refractivity contribution is -0.115. The standard InChI is InChI=1S/C14H21ClN2O2S/c1-4-9(2)8-20(19)10(3)14(18)17-13-6-5-11(15)7-12(13)16/h5-7,9-10H,4,8,16H2,1-3H3,(H,17,18). The lowest BCUT2D eigenvalue weighted by Crippen LogP contribution is -2.31. The summed E-state index contributed by atoms with van der Waals surface area (Å²) in [6.45, 7) is 5.74. The summed E-state index contributed by atoms with van der Waals surface area (Å²) in [4.78, 5) is 12.1. The maximum atomic E-state index is 12.1. The zero-order chi connectivity index (χ0) is 15.3. The number of anilines is 2. The molecule has 0 radical (unpaired) electrons.